The summed E-state index contributed by atoms with van der Waals surface area (Å²) in [5.41, 5.74) is -0.229. The minimum atomic E-state index is -4.42. The van der Waals surface area contributed by atoms with Gasteiger partial charge in [-0.3, -0.25) is 9.78 Å². The fourth-order valence-electron chi connectivity index (χ4n) is 3.68. The first kappa shape index (κ1) is 18.3. The van der Waals surface area contributed by atoms with Crippen molar-refractivity contribution in [1.29, 1.82) is 0 Å². The van der Waals surface area contributed by atoms with Crippen LogP contribution in [0.25, 0.3) is 0 Å². The van der Waals surface area contributed by atoms with E-state index in [1.54, 1.807) is 24.3 Å². The van der Waals surface area contributed by atoms with Crippen molar-refractivity contribution in [2.45, 2.75) is 53.4 Å². The summed E-state index contributed by atoms with van der Waals surface area (Å²) < 4.78 is 38.3. The SMILES string of the molecule is O=C(N[C@@H]1C[C@H]2CC[C@@H]1N2)c1ccc(Sc2cncc(C(F)(F)F)c2)cc1. The molecule has 3 atom stereocenters. The molecule has 0 spiro atoms. The topological polar surface area (TPSA) is 54.0 Å². The van der Waals surface area contributed by atoms with Gasteiger partial charge in [0, 0.05) is 45.9 Å². The quantitative estimate of drug-likeness (QED) is 0.828. The molecule has 2 N–H and O–H groups in total. The van der Waals surface area contributed by atoms with Crippen molar-refractivity contribution < 1.29 is 18.0 Å². The van der Waals surface area contributed by atoms with Crippen molar-refractivity contribution in [3.8, 4) is 0 Å². The molecule has 1 aromatic carbocycles. The molecule has 3 heterocycles. The van der Waals surface area contributed by atoms with Crippen LogP contribution < -0.4 is 10.6 Å². The van der Waals surface area contributed by atoms with E-state index in [1.165, 1.54) is 24.4 Å². The van der Waals surface area contributed by atoms with Crippen LogP contribution in [0.3, 0.4) is 0 Å². The first-order chi connectivity index (χ1) is 12.9. The summed E-state index contributed by atoms with van der Waals surface area (Å²) in [7, 11) is 0. The van der Waals surface area contributed by atoms with E-state index in [0.717, 1.165) is 30.0 Å². The number of carbonyl (C=O) groups is 1. The van der Waals surface area contributed by atoms with Crippen molar-refractivity contribution in [3.63, 3.8) is 0 Å². The van der Waals surface area contributed by atoms with E-state index >= 15 is 0 Å². The average Bonchev–Trinajstić information content (AvgIpc) is 3.25. The van der Waals surface area contributed by atoms with E-state index < -0.39 is 11.7 Å². The van der Waals surface area contributed by atoms with Crippen LogP contribution in [0.4, 0.5) is 13.2 Å². The highest BCUT2D eigenvalue weighted by Crippen LogP contribution is 2.34. The number of fused-ring (bicyclic) bond motifs is 2. The molecule has 0 radical (unpaired) electrons. The lowest BCUT2D eigenvalue weighted by atomic mass is 9.95. The second kappa shape index (κ2) is 7.16. The van der Waals surface area contributed by atoms with Gasteiger partial charge in [-0.15, -0.1) is 0 Å². The third-order valence-corrected chi connectivity index (χ3v) is 5.98. The molecule has 2 bridgehead atoms. The predicted octanol–water partition coefficient (Wildman–Crippen LogP) is 3.87. The van der Waals surface area contributed by atoms with E-state index in [0.29, 0.717) is 22.5 Å². The number of pyridine rings is 1. The van der Waals surface area contributed by atoms with Crippen LogP contribution in [0.5, 0.6) is 0 Å². The van der Waals surface area contributed by atoms with E-state index in [1.807, 2.05) is 0 Å². The minimum Gasteiger partial charge on any atom is -0.348 e. The highest BCUT2D eigenvalue weighted by atomic mass is 32.2. The van der Waals surface area contributed by atoms with Crippen molar-refractivity contribution in [3.05, 3.63) is 53.9 Å². The maximum atomic E-state index is 12.8. The van der Waals surface area contributed by atoms with Crippen molar-refractivity contribution >= 4 is 17.7 Å². The number of rotatable bonds is 4. The molecule has 2 aliphatic rings. The summed E-state index contributed by atoms with van der Waals surface area (Å²) in [6.45, 7) is 0. The molecule has 2 aliphatic heterocycles. The number of halogens is 3. The number of hydrogen-bond donors (Lipinski definition) is 2. The minimum absolute atomic E-state index is 0.119. The summed E-state index contributed by atoms with van der Waals surface area (Å²) in [6.07, 6.45) is 1.02. The molecule has 142 valence electrons. The Morgan fingerprint density at radius 1 is 1.15 bits per heavy atom. The summed E-state index contributed by atoms with van der Waals surface area (Å²) in [4.78, 5) is 17.2. The Hall–Kier alpha value is -2.06. The van der Waals surface area contributed by atoms with E-state index in [-0.39, 0.29) is 11.9 Å². The van der Waals surface area contributed by atoms with E-state index in [4.69, 9.17) is 0 Å². The molecule has 4 nitrogen and oxygen atoms in total. The van der Waals surface area contributed by atoms with Crippen LogP contribution >= 0.6 is 11.8 Å². The molecule has 0 saturated carbocycles. The highest BCUT2D eigenvalue weighted by Gasteiger charge is 2.39. The molecule has 1 amide bonds. The fourth-order valence-corrected chi connectivity index (χ4v) is 4.52. The Kier molecular flexibility index (Phi) is 4.86. The number of benzene rings is 1. The Bertz CT molecular complexity index is 841. The van der Waals surface area contributed by atoms with Gasteiger partial charge in [0.2, 0.25) is 0 Å². The van der Waals surface area contributed by atoms with Crippen molar-refractivity contribution in [1.82, 2.24) is 15.6 Å². The zero-order chi connectivity index (χ0) is 19.0. The second-order valence-corrected chi connectivity index (χ2v) is 8.04. The van der Waals surface area contributed by atoms with Gasteiger partial charge in [0.25, 0.3) is 5.91 Å². The number of amides is 1. The molecular formula is C19H18F3N3OS. The molecule has 2 aromatic rings. The molecule has 2 saturated heterocycles. The summed E-state index contributed by atoms with van der Waals surface area (Å²) in [6, 6.07) is 8.97. The lowest BCUT2D eigenvalue weighted by molar-refractivity contribution is -0.138. The van der Waals surface area contributed by atoms with Gasteiger partial charge >= 0.3 is 6.18 Å². The van der Waals surface area contributed by atoms with Gasteiger partial charge in [0.05, 0.1) is 5.56 Å². The standard InChI is InChI=1S/C19H18F3N3OS/c20-19(21,22)12-7-15(10-23-9-12)27-14-4-1-11(2-5-14)18(26)25-17-8-13-3-6-16(17)24-13/h1-2,4-5,7,9-10,13,16-17,24H,3,6,8H2,(H,25,26)/t13-,16+,17-/m1/s1. The number of nitrogens with one attached hydrogen (secondary N) is 2. The Balaban J connectivity index is 1.39. The number of alkyl halides is 3. The molecule has 0 aliphatic carbocycles. The van der Waals surface area contributed by atoms with Gasteiger partial charge in [-0.25, -0.2) is 0 Å². The summed E-state index contributed by atoms with van der Waals surface area (Å²) >= 11 is 1.18. The van der Waals surface area contributed by atoms with Gasteiger partial charge in [-0.1, -0.05) is 11.8 Å². The first-order valence-corrected chi connectivity index (χ1v) is 9.57. The highest BCUT2D eigenvalue weighted by molar-refractivity contribution is 7.99. The fraction of sp³-hybridized carbons (Fsp3) is 0.368. The number of hydrogen-bond acceptors (Lipinski definition) is 4. The van der Waals surface area contributed by atoms with Crippen LogP contribution in [0.2, 0.25) is 0 Å². The van der Waals surface area contributed by atoms with Crippen molar-refractivity contribution in [2.24, 2.45) is 0 Å². The van der Waals surface area contributed by atoms with Gasteiger partial charge in [-0.2, -0.15) is 13.2 Å². The second-order valence-electron chi connectivity index (χ2n) is 6.90. The largest absolute Gasteiger partial charge is 0.417 e. The van der Waals surface area contributed by atoms with Crippen LogP contribution in [0, 0.1) is 0 Å². The molecule has 2 fully saturated rings. The summed E-state index contributed by atoms with van der Waals surface area (Å²) in [5, 5.41) is 6.56. The Morgan fingerprint density at radius 2 is 1.93 bits per heavy atom. The number of aromatic nitrogens is 1. The van der Waals surface area contributed by atoms with Crippen LogP contribution in [-0.2, 0) is 6.18 Å². The zero-order valence-electron chi connectivity index (χ0n) is 14.3. The monoisotopic (exact) mass is 393 g/mol. The lowest BCUT2D eigenvalue weighted by Crippen LogP contribution is -2.42. The molecule has 8 heteroatoms. The third kappa shape index (κ3) is 4.11. The van der Waals surface area contributed by atoms with E-state index in [9.17, 15) is 18.0 Å². The van der Waals surface area contributed by atoms with Gasteiger partial charge in [-0.05, 0) is 49.6 Å². The molecular weight excluding hydrogens is 375 g/mol. The van der Waals surface area contributed by atoms with Crippen LogP contribution in [0.1, 0.15) is 35.2 Å². The van der Waals surface area contributed by atoms with Crippen LogP contribution in [-0.4, -0.2) is 29.0 Å². The maximum Gasteiger partial charge on any atom is 0.417 e. The number of carbonyl (C=O) groups excluding carboxylic acids is 1. The molecule has 27 heavy (non-hydrogen) atoms. The molecule has 4 rings (SSSR count). The molecule has 1 aromatic heterocycles. The summed E-state index contributed by atoms with van der Waals surface area (Å²) in [5.74, 6) is -0.119. The van der Waals surface area contributed by atoms with Crippen molar-refractivity contribution in [2.75, 3.05) is 0 Å². The third-order valence-electron chi connectivity index (χ3n) is 5.01. The number of nitrogens with zero attached hydrogens (tertiary/aromatic N) is 1. The van der Waals surface area contributed by atoms with Gasteiger partial charge < -0.3 is 10.6 Å². The molecule has 0 unspecified atom stereocenters. The van der Waals surface area contributed by atoms with E-state index in [2.05, 4.69) is 15.6 Å². The maximum absolute atomic E-state index is 12.8. The smallest absolute Gasteiger partial charge is 0.348 e. The zero-order valence-corrected chi connectivity index (χ0v) is 15.1. The van der Waals surface area contributed by atoms with Gasteiger partial charge in [0.15, 0.2) is 0 Å². The van der Waals surface area contributed by atoms with Crippen LogP contribution in [0.15, 0.2) is 52.5 Å². The average molecular weight is 393 g/mol. The normalized spacial score (nSPS) is 24.2. The lowest BCUT2D eigenvalue weighted by Gasteiger charge is -2.21. The Morgan fingerprint density at radius 3 is 2.56 bits per heavy atom. The Labute approximate surface area is 158 Å². The van der Waals surface area contributed by atoms with Gasteiger partial charge in [0.1, 0.15) is 0 Å². The first-order valence-electron chi connectivity index (χ1n) is 8.75. The predicted molar refractivity (Wildman–Crippen MR) is 95.6 cm³/mol.